The topological polar surface area (TPSA) is 12.0 Å². The van der Waals surface area contributed by atoms with Crippen LogP contribution in [-0.4, -0.2) is 0 Å². The molecular weight excluding hydrogens is 263 g/mol. The highest BCUT2D eigenvalue weighted by atomic mass is 19.2. The molecule has 2 aromatic carbocycles. The molecule has 0 aliphatic rings. The highest BCUT2D eigenvalue weighted by molar-refractivity contribution is 5.47. The van der Waals surface area contributed by atoms with Gasteiger partial charge >= 0.3 is 0 Å². The predicted octanol–water partition coefficient (Wildman–Crippen LogP) is 4.98. The van der Waals surface area contributed by atoms with E-state index in [9.17, 15) is 13.2 Å². The lowest BCUT2D eigenvalue weighted by Gasteiger charge is -2.19. The largest absolute Gasteiger partial charge is 0.376 e. The predicted molar refractivity (Wildman–Crippen MR) is 74.1 cm³/mol. The summed E-state index contributed by atoms with van der Waals surface area (Å²) in [5.74, 6) is -3.05. The minimum atomic E-state index is -1.19. The number of benzene rings is 2. The van der Waals surface area contributed by atoms with Gasteiger partial charge in [-0.05, 0) is 18.9 Å². The van der Waals surface area contributed by atoms with E-state index in [1.807, 2.05) is 38.1 Å². The van der Waals surface area contributed by atoms with Gasteiger partial charge in [-0.2, -0.15) is 0 Å². The Hall–Kier alpha value is -1.97. The Balaban J connectivity index is 2.29. The molecule has 1 atom stereocenters. The van der Waals surface area contributed by atoms with Crippen LogP contribution in [0.25, 0.3) is 0 Å². The summed E-state index contributed by atoms with van der Waals surface area (Å²) in [5.41, 5.74) is 1.91. The molecule has 0 fully saturated rings. The first-order valence-corrected chi connectivity index (χ1v) is 6.49. The molecule has 0 spiro atoms. The van der Waals surface area contributed by atoms with Crippen LogP contribution in [0.15, 0.2) is 36.4 Å². The van der Waals surface area contributed by atoms with Crippen molar-refractivity contribution in [3.05, 3.63) is 65.0 Å². The Kier molecular flexibility index (Phi) is 4.32. The van der Waals surface area contributed by atoms with Crippen LogP contribution in [0.4, 0.5) is 18.9 Å². The van der Waals surface area contributed by atoms with Gasteiger partial charge in [0, 0.05) is 12.1 Å². The van der Waals surface area contributed by atoms with Crippen molar-refractivity contribution in [2.75, 3.05) is 5.32 Å². The lowest BCUT2D eigenvalue weighted by molar-refractivity contribution is 0.496. The third-order valence-corrected chi connectivity index (χ3v) is 3.21. The number of hydrogen-bond acceptors (Lipinski definition) is 1. The van der Waals surface area contributed by atoms with E-state index in [0.717, 1.165) is 17.2 Å². The van der Waals surface area contributed by atoms with Crippen LogP contribution in [0, 0.1) is 24.4 Å². The van der Waals surface area contributed by atoms with Crippen molar-refractivity contribution < 1.29 is 13.2 Å². The first kappa shape index (κ1) is 14.4. The van der Waals surface area contributed by atoms with Gasteiger partial charge in [0.1, 0.15) is 5.82 Å². The number of anilines is 1. The second kappa shape index (κ2) is 5.99. The van der Waals surface area contributed by atoms with Crippen molar-refractivity contribution in [3.63, 3.8) is 0 Å². The van der Waals surface area contributed by atoms with Crippen molar-refractivity contribution in [3.8, 4) is 0 Å². The first-order valence-electron chi connectivity index (χ1n) is 6.49. The number of nitrogens with one attached hydrogen (secondary N) is 1. The average Bonchev–Trinajstić information content (AvgIpc) is 2.42. The van der Waals surface area contributed by atoms with Gasteiger partial charge in [0.2, 0.25) is 0 Å². The van der Waals surface area contributed by atoms with Crippen LogP contribution in [0.2, 0.25) is 0 Å². The van der Waals surface area contributed by atoms with Gasteiger partial charge in [0.25, 0.3) is 0 Å². The van der Waals surface area contributed by atoms with Crippen LogP contribution in [0.3, 0.4) is 0 Å². The molecule has 0 amide bonds. The monoisotopic (exact) mass is 279 g/mol. The van der Waals surface area contributed by atoms with Gasteiger partial charge in [-0.15, -0.1) is 0 Å². The second-order valence-corrected chi connectivity index (χ2v) is 4.77. The zero-order valence-electron chi connectivity index (χ0n) is 11.4. The van der Waals surface area contributed by atoms with E-state index in [0.29, 0.717) is 12.5 Å². The van der Waals surface area contributed by atoms with Crippen LogP contribution in [0.5, 0.6) is 0 Å². The van der Waals surface area contributed by atoms with Gasteiger partial charge in [0.15, 0.2) is 11.6 Å². The summed E-state index contributed by atoms with van der Waals surface area (Å²) in [7, 11) is 0. The van der Waals surface area contributed by atoms with Crippen LogP contribution in [0.1, 0.15) is 30.5 Å². The van der Waals surface area contributed by atoms with E-state index in [4.69, 9.17) is 0 Å². The Morgan fingerprint density at radius 3 is 2.30 bits per heavy atom. The van der Waals surface area contributed by atoms with Gasteiger partial charge in [-0.3, -0.25) is 0 Å². The molecule has 4 heteroatoms. The fraction of sp³-hybridized carbons (Fsp3) is 0.250. The molecule has 106 valence electrons. The molecule has 1 nitrogen and oxygen atoms in total. The van der Waals surface area contributed by atoms with E-state index in [-0.39, 0.29) is 11.7 Å². The molecule has 0 aromatic heterocycles. The average molecular weight is 279 g/mol. The molecule has 0 saturated heterocycles. The van der Waals surface area contributed by atoms with Crippen molar-refractivity contribution in [1.29, 1.82) is 0 Å². The lowest BCUT2D eigenvalue weighted by atomic mass is 10.0. The number of rotatable bonds is 4. The van der Waals surface area contributed by atoms with Gasteiger partial charge in [0.05, 0.1) is 11.7 Å². The maximum absolute atomic E-state index is 13.7. The highest BCUT2D eigenvalue weighted by Gasteiger charge is 2.15. The third-order valence-electron chi connectivity index (χ3n) is 3.21. The third kappa shape index (κ3) is 3.13. The van der Waals surface area contributed by atoms with Crippen molar-refractivity contribution in [2.24, 2.45) is 0 Å². The van der Waals surface area contributed by atoms with Gasteiger partial charge in [-0.1, -0.05) is 36.8 Å². The SMILES string of the molecule is CCC(Nc1cc(F)cc(F)c1F)c1ccc(C)cc1. The Bertz CT molecular complexity index is 593. The summed E-state index contributed by atoms with van der Waals surface area (Å²) in [5, 5.41) is 2.86. The van der Waals surface area contributed by atoms with E-state index in [2.05, 4.69) is 5.32 Å². The summed E-state index contributed by atoms with van der Waals surface area (Å²) in [4.78, 5) is 0. The van der Waals surface area contributed by atoms with Crippen molar-refractivity contribution in [2.45, 2.75) is 26.3 Å². The number of aryl methyl sites for hydroxylation is 1. The molecule has 0 bridgehead atoms. The summed E-state index contributed by atoms with van der Waals surface area (Å²) < 4.78 is 40.0. The van der Waals surface area contributed by atoms with Gasteiger partial charge in [-0.25, -0.2) is 13.2 Å². The molecule has 0 aliphatic carbocycles. The quantitative estimate of drug-likeness (QED) is 0.779. The summed E-state index contributed by atoms with van der Waals surface area (Å²) in [6.45, 7) is 3.89. The molecule has 1 unspecified atom stereocenters. The molecule has 2 aromatic rings. The Morgan fingerprint density at radius 1 is 1.05 bits per heavy atom. The molecule has 0 radical (unpaired) electrons. The number of halogens is 3. The van der Waals surface area contributed by atoms with Crippen molar-refractivity contribution in [1.82, 2.24) is 0 Å². The fourth-order valence-electron chi connectivity index (χ4n) is 2.07. The lowest BCUT2D eigenvalue weighted by Crippen LogP contribution is -2.11. The Morgan fingerprint density at radius 2 is 1.70 bits per heavy atom. The zero-order chi connectivity index (χ0) is 14.7. The van der Waals surface area contributed by atoms with Crippen LogP contribution < -0.4 is 5.32 Å². The maximum atomic E-state index is 13.7. The standard InChI is InChI=1S/C16H16F3N/c1-3-14(11-6-4-10(2)5-7-11)20-15-9-12(17)8-13(18)16(15)19/h4-9,14,20H,3H2,1-2H3. The minimum absolute atomic E-state index is 0.157. The zero-order valence-corrected chi connectivity index (χ0v) is 11.4. The molecule has 20 heavy (non-hydrogen) atoms. The van der Waals surface area contributed by atoms with Crippen LogP contribution >= 0.6 is 0 Å². The van der Waals surface area contributed by atoms with Gasteiger partial charge < -0.3 is 5.32 Å². The maximum Gasteiger partial charge on any atom is 0.182 e. The molecule has 1 N–H and O–H groups in total. The molecule has 0 aliphatic heterocycles. The molecular formula is C16H16F3N. The fourth-order valence-corrected chi connectivity index (χ4v) is 2.07. The smallest absolute Gasteiger partial charge is 0.182 e. The Labute approximate surface area is 116 Å². The molecule has 0 heterocycles. The second-order valence-electron chi connectivity index (χ2n) is 4.77. The van der Waals surface area contributed by atoms with E-state index < -0.39 is 17.5 Å². The normalized spacial score (nSPS) is 12.2. The minimum Gasteiger partial charge on any atom is -0.376 e. The summed E-state index contributed by atoms with van der Waals surface area (Å²) in [6, 6.07) is 9.03. The number of hydrogen-bond donors (Lipinski definition) is 1. The molecule has 2 rings (SSSR count). The van der Waals surface area contributed by atoms with E-state index >= 15 is 0 Å². The van der Waals surface area contributed by atoms with Crippen LogP contribution in [-0.2, 0) is 0 Å². The summed E-state index contributed by atoms with van der Waals surface area (Å²) in [6.07, 6.45) is 0.667. The molecule has 0 saturated carbocycles. The highest BCUT2D eigenvalue weighted by Crippen LogP contribution is 2.26. The first-order chi connectivity index (χ1) is 9.51. The van der Waals surface area contributed by atoms with E-state index in [1.54, 1.807) is 0 Å². The van der Waals surface area contributed by atoms with Crippen molar-refractivity contribution >= 4 is 5.69 Å². The summed E-state index contributed by atoms with van der Waals surface area (Å²) >= 11 is 0. The van der Waals surface area contributed by atoms with E-state index in [1.165, 1.54) is 0 Å².